The van der Waals surface area contributed by atoms with Crippen molar-refractivity contribution in [1.29, 1.82) is 0 Å². The van der Waals surface area contributed by atoms with E-state index in [-0.39, 0.29) is 0 Å². The van der Waals surface area contributed by atoms with Crippen molar-refractivity contribution in [3.63, 3.8) is 0 Å². The number of aromatic nitrogens is 1. The molecular formula is C42H28BrN. The van der Waals surface area contributed by atoms with Gasteiger partial charge in [0.25, 0.3) is 0 Å². The first-order chi connectivity index (χ1) is 21.7. The Labute approximate surface area is 265 Å². The molecule has 1 nitrogen and oxygen atoms in total. The third-order valence-electron chi connectivity index (χ3n) is 8.47. The van der Waals surface area contributed by atoms with Gasteiger partial charge >= 0.3 is 0 Å². The average Bonchev–Trinajstić information content (AvgIpc) is 3.42. The van der Waals surface area contributed by atoms with Crippen molar-refractivity contribution in [3.05, 3.63) is 174 Å². The molecule has 0 atom stereocenters. The molecule has 0 N–H and O–H groups in total. The number of hydrogen-bond acceptors (Lipinski definition) is 0. The molecule has 0 radical (unpaired) electrons. The lowest BCUT2D eigenvalue weighted by molar-refractivity contribution is 1.18. The standard InChI is InChI=1S/C42H28BrN/c43-34-17-11-16-32(27-34)35-18-4-5-19-36(35)33-24-25-39-38-21-7-9-23-41(38)44(42(39)28-33)40-22-8-6-20-37(40)31-15-10-14-30(26-31)29-12-2-1-3-13-29/h1-28H. The molecule has 0 aliphatic carbocycles. The minimum absolute atomic E-state index is 1.08. The van der Waals surface area contributed by atoms with E-state index in [4.69, 9.17) is 0 Å². The zero-order valence-electron chi connectivity index (χ0n) is 24.0. The molecule has 0 aliphatic heterocycles. The van der Waals surface area contributed by atoms with Gasteiger partial charge in [0.2, 0.25) is 0 Å². The lowest BCUT2D eigenvalue weighted by atomic mass is 9.94. The summed E-state index contributed by atoms with van der Waals surface area (Å²) < 4.78 is 3.52. The Morgan fingerprint density at radius 3 is 1.70 bits per heavy atom. The Bertz CT molecular complexity index is 2290. The van der Waals surface area contributed by atoms with E-state index in [2.05, 4.69) is 190 Å². The van der Waals surface area contributed by atoms with Crippen molar-refractivity contribution in [3.8, 4) is 50.2 Å². The second-order valence-corrected chi connectivity index (χ2v) is 12.0. The van der Waals surface area contributed by atoms with Crippen LogP contribution in [0.1, 0.15) is 0 Å². The van der Waals surface area contributed by atoms with E-state index in [0.717, 1.165) is 4.47 Å². The molecule has 208 valence electrons. The lowest BCUT2D eigenvalue weighted by Crippen LogP contribution is -1.97. The Morgan fingerprint density at radius 1 is 0.341 bits per heavy atom. The minimum atomic E-state index is 1.08. The molecule has 44 heavy (non-hydrogen) atoms. The van der Waals surface area contributed by atoms with E-state index >= 15 is 0 Å². The molecule has 7 aromatic carbocycles. The number of nitrogens with zero attached hydrogens (tertiary/aromatic N) is 1. The van der Waals surface area contributed by atoms with Crippen molar-refractivity contribution in [2.45, 2.75) is 0 Å². The first kappa shape index (κ1) is 26.4. The van der Waals surface area contributed by atoms with Crippen LogP contribution in [0.15, 0.2) is 174 Å². The van der Waals surface area contributed by atoms with Crippen LogP contribution in [0.4, 0.5) is 0 Å². The first-order valence-electron chi connectivity index (χ1n) is 14.9. The van der Waals surface area contributed by atoms with Gasteiger partial charge in [0.1, 0.15) is 0 Å². The largest absolute Gasteiger partial charge is 0.309 e. The van der Waals surface area contributed by atoms with Gasteiger partial charge in [-0.2, -0.15) is 0 Å². The summed E-state index contributed by atoms with van der Waals surface area (Å²) in [5.41, 5.74) is 13.2. The highest BCUT2D eigenvalue weighted by Crippen LogP contribution is 2.40. The molecule has 0 saturated carbocycles. The molecular weight excluding hydrogens is 598 g/mol. The monoisotopic (exact) mass is 625 g/mol. The maximum absolute atomic E-state index is 3.67. The Balaban J connectivity index is 1.36. The third kappa shape index (κ3) is 4.65. The fourth-order valence-electron chi connectivity index (χ4n) is 6.45. The van der Waals surface area contributed by atoms with E-state index in [9.17, 15) is 0 Å². The van der Waals surface area contributed by atoms with Crippen LogP contribution in [0.5, 0.6) is 0 Å². The van der Waals surface area contributed by atoms with E-state index < -0.39 is 0 Å². The Hall–Kier alpha value is -5.18. The van der Waals surface area contributed by atoms with Crippen LogP contribution < -0.4 is 0 Å². The summed E-state index contributed by atoms with van der Waals surface area (Å²) in [6, 6.07) is 61.2. The molecule has 8 aromatic rings. The fraction of sp³-hybridized carbons (Fsp3) is 0. The maximum Gasteiger partial charge on any atom is 0.0547 e. The maximum atomic E-state index is 3.67. The average molecular weight is 627 g/mol. The van der Waals surface area contributed by atoms with Gasteiger partial charge in [-0.05, 0) is 75.3 Å². The minimum Gasteiger partial charge on any atom is -0.309 e. The highest BCUT2D eigenvalue weighted by atomic mass is 79.9. The van der Waals surface area contributed by atoms with E-state index in [1.165, 1.54) is 72.0 Å². The molecule has 0 aliphatic rings. The summed E-state index contributed by atoms with van der Waals surface area (Å²) in [5, 5.41) is 2.50. The predicted molar refractivity (Wildman–Crippen MR) is 190 cm³/mol. The normalized spacial score (nSPS) is 11.3. The summed E-state index contributed by atoms with van der Waals surface area (Å²) in [5.74, 6) is 0. The smallest absolute Gasteiger partial charge is 0.0547 e. The second-order valence-electron chi connectivity index (χ2n) is 11.1. The van der Waals surface area contributed by atoms with Crippen molar-refractivity contribution < 1.29 is 0 Å². The van der Waals surface area contributed by atoms with Gasteiger partial charge in [-0.25, -0.2) is 0 Å². The predicted octanol–water partition coefficient (Wildman–Crippen LogP) is 12.2. The van der Waals surface area contributed by atoms with Crippen LogP contribution >= 0.6 is 15.9 Å². The van der Waals surface area contributed by atoms with Gasteiger partial charge in [0.15, 0.2) is 0 Å². The third-order valence-corrected chi connectivity index (χ3v) is 8.97. The van der Waals surface area contributed by atoms with Crippen LogP contribution in [0.3, 0.4) is 0 Å². The summed E-state index contributed by atoms with van der Waals surface area (Å²) in [4.78, 5) is 0. The quantitative estimate of drug-likeness (QED) is 0.179. The summed E-state index contributed by atoms with van der Waals surface area (Å²) in [7, 11) is 0. The molecule has 8 rings (SSSR count). The molecule has 1 heterocycles. The van der Waals surface area contributed by atoms with Crippen LogP contribution in [0, 0.1) is 0 Å². The van der Waals surface area contributed by atoms with Gasteiger partial charge < -0.3 is 4.57 Å². The van der Waals surface area contributed by atoms with Crippen molar-refractivity contribution in [2.75, 3.05) is 0 Å². The van der Waals surface area contributed by atoms with Crippen LogP contribution in [-0.2, 0) is 0 Å². The van der Waals surface area contributed by atoms with E-state index in [1.54, 1.807) is 0 Å². The van der Waals surface area contributed by atoms with Gasteiger partial charge in [0, 0.05) is 20.8 Å². The number of fused-ring (bicyclic) bond motifs is 3. The Kier molecular flexibility index (Phi) is 6.70. The molecule has 2 heteroatoms. The van der Waals surface area contributed by atoms with E-state index in [1.807, 2.05) is 0 Å². The lowest BCUT2D eigenvalue weighted by Gasteiger charge is -2.16. The zero-order valence-corrected chi connectivity index (χ0v) is 25.6. The van der Waals surface area contributed by atoms with Crippen molar-refractivity contribution in [2.24, 2.45) is 0 Å². The molecule has 0 spiro atoms. The van der Waals surface area contributed by atoms with Crippen LogP contribution in [-0.4, -0.2) is 4.57 Å². The molecule has 0 amide bonds. The summed E-state index contributed by atoms with van der Waals surface area (Å²) >= 11 is 3.67. The van der Waals surface area contributed by atoms with Crippen LogP contribution in [0.2, 0.25) is 0 Å². The number of rotatable bonds is 5. The van der Waals surface area contributed by atoms with Gasteiger partial charge in [0.05, 0.1) is 16.7 Å². The Morgan fingerprint density at radius 2 is 0.909 bits per heavy atom. The molecule has 0 fully saturated rings. The summed E-state index contributed by atoms with van der Waals surface area (Å²) in [6.45, 7) is 0. The number of benzene rings is 7. The highest BCUT2D eigenvalue weighted by molar-refractivity contribution is 9.10. The highest BCUT2D eigenvalue weighted by Gasteiger charge is 2.17. The molecule has 0 saturated heterocycles. The van der Waals surface area contributed by atoms with E-state index in [0.29, 0.717) is 0 Å². The van der Waals surface area contributed by atoms with Crippen LogP contribution in [0.25, 0.3) is 72.0 Å². The SMILES string of the molecule is Brc1cccc(-c2ccccc2-c2ccc3c4ccccc4n(-c4ccccc4-c4cccc(-c5ccccc5)c4)c3c2)c1. The number of halogens is 1. The zero-order chi connectivity index (χ0) is 29.5. The number of para-hydroxylation sites is 2. The topological polar surface area (TPSA) is 4.93 Å². The molecule has 0 bridgehead atoms. The van der Waals surface area contributed by atoms with Gasteiger partial charge in [-0.3, -0.25) is 0 Å². The first-order valence-corrected chi connectivity index (χ1v) is 15.7. The van der Waals surface area contributed by atoms with Gasteiger partial charge in [-0.1, -0.05) is 149 Å². The summed E-state index contributed by atoms with van der Waals surface area (Å²) in [6.07, 6.45) is 0. The second kappa shape index (κ2) is 11.1. The van der Waals surface area contributed by atoms with Crippen molar-refractivity contribution in [1.82, 2.24) is 4.57 Å². The fourth-order valence-corrected chi connectivity index (χ4v) is 6.85. The molecule has 0 unspecified atom stereocenters. The van der Waals surface area contributed by atoms with Gasteiger partial charge in [-0.15, -0.1) is 0 Å². The number of hydrogen-bond donors (Lipinski definition) is 0. The van der Waals surface area contributed by atoms with Crippen molar-refractivity contribution >= 4 is 37.7 Å². The molecule has 1 aromatic heterocycles.